The number of nitrogens with zero attached hydrogens (tertiary/aromatic N) is 3. The van der Waals surface area contributed by atoms with Gasteiger partial charge < -0.3 is 11.1 Å². The number of halogens is 1. The number of hydrogen-bond donors (Lipinski definition) is 2. The highest BCUT2D eigenvalue weighted by atomic mass is 19.1. The maximum atomic E-state index is 13.0. The first-order valence-corrected chi connectivity index (χ1v) is 5.74. The lowest BCUT2D eigenvalue weighted by Gasteiger charge is -2.04. The molecule has 0 unspecified atom stereocenters. The molecule has 0 saturated carbocycles. The minimum atomic E-state index is -0.295. The summed E-state index contributed by atoms with van der Waals surface area (Å²) in [5.74, 6) is -0.552. The Morgan fingerprint density at radius 3 is 3.00 bits per heavy atom. The lowest BCUT2D eigenvalue weighted by atomic mass is 10.2. The van der Waals surface area contributed by atoms with Crippen molar-refractivity contribution in [2.75, 3.05) is 6.54 Å². The topological polar surface area (TPSA) is 85.8 Å². The SMILES string of the molecule is Cc1cc(F)ccc1-n1cc(CNC(=O)CN)nn1. The molecule has 0 saturated heterocycles. The molecule has 1 aromatic carbocycles. The molecule has 0 aliphatic heterocycles. The van der Waals surface area contributed by atoms with Crippen molar-refractivity contribution >= 4 is 5.91 Å². The Hall–Kier alpha value is -2.28. The number of carbonyl (C=O) groups excluding carboxylic acids is 1. The Bertz CT molecular complexity index is 596. The minimum Gasteiger partial charge on any atom is -0.349 e. The minimum absolute atomic E-state index is 0.0643. The van der Waals surface area contributed by atoms with Crippen molar-refractivity contribution in [3.63, 3.8) is 0 Å². The summed E-state index contributed by atoms with van der Waals surface area (Å²) < 4.78 is 14.6. The van der Waals surface area contributed by atoms with Gasteiger partial charge in [0.25, 0.3) is 0 Å². The highest BCUT2D eigenvalue weighted by molar-refractivity contribution is 5.77. The number of benzene rings is 1. The molecular weight excluding hydrogens is 249 g/mol. The molecule has 2 rings (SSSR count). The van der Waals surface area contributed by atoms with Gasteiger partial charge in [-0.1, -0.05) is 5.21 Å². The molecule has 0 radical (unpaired) electrons. The van der Waals surface area contributed by atoms with Crippen molar-refractivity contribution in [3.8, 4) is 5.69 Å². The summed E-state index contributed by atoms with van der Waals surface area (Å²) in [6.45, 7) is 1.98. The number of nitrogens with one attached hydrogen (secondary N) is 1. The van der Waals surface area contributed by atoms with E-state index in [-0.39, 0.29) is 24.8 Å². The number of nitrogens with two attached hydrogens (primary N) is 1. The van der Waals surface area contributed by atoms with Gasteiger partial charge >= 0.3 is 0 Å². The van der Waals surface area contributed by atoms with Crippen LogP contribution in [0.1, 0.15) is 11.3 Å². The van der Waals surface area contributed by atoms with Crippen molar-refractivity contribution in [1.82, 2.24) is 20.3 Å². The Morgan fingerprint density at radius 1 is 1.53 bits per heavy atom. The number of hydrogen-bond acceptors (Lipinski definition) is 4. The van der Waals surface area contributed by atoms with Crippen LogP contribution in [0, 0.1) is 12.7 Å². The van der Waals surface area contributed by atoms with E-state index in [2.05, 4.69) is 15.6 Å². The van der Waals surface area contributed by atoms with Gasteiger partial charge in [0.15, 0.2) is 0 Å². The zero-order valence-electron chi connectivity index (χ0n) is 10.4. The molecule has 3 N–H and O–H groups in total. The maximum Gasteiger partial charge on any atom is 0.234 e. The molecule has 1 heterocycles. The molecule has 1 aromatic heterocycles. The summed E-state index contributed by atoms with van der Waals surface area (Å²) in [4.78, 5) is 11.0. The largest absolute Gasteiger partial charge is 0.349 e. The zero-order valence-corrected chi connectivity index (χ0v) is 10.4. The van der Waals surface area contributed by atoms with Gasteiger partial charge in [0, 0.05) is 0 Å². The quantitative estimate of drug-likeness (QED) is 0.830. The summed E-state index contributed by atoms with van der Waals surface area (Å²) in [7, 11) is 0. The lowest BCUT2D eigenvalue weighted by molar-refractivity contribution is -0.119. The van der Waals surface area contributed by atoms with Gasteiger partial charge in [-0.15, -0.1) is 5.10 Å². The molecule has 0 aliphatic rings. The first kappa shape index (κ1) is 13.2. The van der Waals surface area contributed by atoms with Gasteiger partial charge in [0.2, 0.25) is 5.91 Å². The second-order valence-electron chi connectivity index (χ2n) is 4.07. The highest BCUT2D eigenvalue weighted by Gasteiger charge is 2.07. The van der Waals surface area contributed by atoms with Gasteiger partial charge in [0.05, 0.1) is 25.0 Å². The second-order valence-corrected chi connectivity index (χ2v) is 4.07. The molecule has 19 heavy (non-hydrogen) atoms. The molecule has 0 aliphatic carbocycles. The van der Waals surface area contributed by atoms with Crippen LogP contribution in [0.4, 0.5) is 4.39 Å². The smallest absolute Gasteiger partial charge is 0.234 e. The number of aryl methyl sites for hydroxylation is 1. The van der Waals surface area contributed by atoms with Gasteiger partial charge in [0.1, 0.15) is 11.5 Å². The van der Waals surface area contributed by atoms with Crippen LogP contribution in [0.2, 0.25) is 0 Å². The van der Waals surface area contributed by atoms with Crippen molar-refractivity contribution in [2.45, 2.75) is 13.5 Å². The van der Waals surface area contributed by atoms with Crippen LogP contribution in [0.5, 0.6) is 0 Å². The third-order valence-corrected chi connectivity index (χ3v) is 2.60. The third-order valence-electron chi connectivity index (χ3n) is 2.60. The fourth-order valence-corrected chi connectivity index (χ4v) is 1.63. The average Bonchev–Trinajstić information content (AvgIpc) is 2.84. The van der Waals surface area contributed by atoms with Crippen LogP contribution < -0.4 is 11.1 Å². The van der Waals surface area contributed by atoms with Gasteiger partial charge in [-0.25, -0.2) is 9.07 Å². The molecule has 0 atom stereocenters. The fourth-order valence-electron chi connectivity index (χ4n) is 1.63. The van der Waals surface area contributed by atoms with Crippen molar-refractivity contribution in [1.29, 1.82) is 0 Å². The van der Waals surface area contributed by atoms with Crippen LogP contribution in [-0.2, 0) is 11.3 Å². The van der Waals surface area contributed by atoms with Crippen LogP contribution in [0.25, 0.3) is 5.69 Å². The number of aromatic nitrogens is 3. The predicted octanol–water partition coefficient (Wildman–Crippen LogP) is 0.290. The molecule has 100 valence electrons. The molecule has 1 amide bonds. The Labute approximate surface area is 109 Å². The van der Waals surface area contributed by atoms with Crippen molar-refractivity contribution < 1.29 is 9.18 Å². The van der Waals surface area contributed by atoms with Crippen LogP contribution in [0.3, 0.4) is 0 Å². The van der Waals surface area contributed by atoms with E-state index < -0.39 is 0 Å². The summed E-state index contributed by atoms with van der Waals surface area (Å²) in [5.41, 5.74) is 7.27. The van der Waals surface area contributed by atoms with Gasteiger partial charge in [-0.3, -0.25) is 4.79 Å². The van der Waals surface area contributed by atoms with E-state index in [0.717, 1.165) is 11.3 Å². The molecule has 2 aromatic rings. The van der Waals surface area contributed by atoms with E-state index in [0.29, 0.717) is 5.69 Å². The van der Waals surface area contributed by atoms with Crippen molar-refractivity contribution in [2.24, 2.45) is 5.73 Å². The predicted molar refractivity (Wildman–Crippen MR) is 67.0 cm³/mol. The molecule has 0 bridgehead atoms. The molecule has 6 nitrogen and oxygen atoms in total. The Balaban J connectivity index is 2.14. The first-order valence-electron chi connectivity index (χ1n) is 5.74. The number of amides is 1. The fraction of sp³-hybridized carbons (Fsp3) is 0.250. The van der Waals surface area contributed by atoms with E-state index >= 15 is 0 Å². The van der Waals surface area contributed by atoms with Crippen LogP contribution in [-0.4, -0.2) is 27.4 Å². The summed E-state index contributed by atoms with van der Waals surface area (Å²) in [5, 5.41) is 10.5. The van der Waals surface area contributed by atoms with E-state index in [9.17, 15) is 9.18 Å². The second kappa shape index (κ2) is 5.57. The van der Waals surface area contributed by atoms with Crippen molar-refractivity contribution in [3.05, 3.63) is 41.5 Å². The molecule has 0 fully saturated rings. The third kappa shape index (κ3) is 3.14. The monoisotopic (exact) mass is 263 g/mol. The lowest BCUT2D eigenvalue weighted by Crippen LogP contribution is -2.29. The van der Waals surface area contributed by atoms with Crippen LogP contribution in [0.15, 0.2) is 24.4 Å². The Kier molecular flexibility index (Phi) is 3.86. The molecule has 0 spiro atoms. The number of carbonyl (C=O) groups is 1. The Morgan fingerprint density at radius 2 is 2.32 bits per heavy atom. The van der Waals surface area contributed by atoms with E-state index in [4.69, 9.17) is 5.73 Å². The standard InChI is InChI=1S/C12H14FN5O/c1-8-4-9(13)2-3-11(8)18-7-10(16-17-18)6-15-12(19)5-14/h2-4,7H,5-6,14H2,1H3,(H,15,19). The first-order chi connectivity index (χ1) is 9.10. The van der Waals surface area contributed by atoms with E-state index in [1.165, 1.54) is 12.1 Å². The van der Waals surface area contributed by atoms with Gasteiger partial charge in [-0.2, -0.15) is 0 Å². The highest BCUT2D eigenvalue weighted by Crippen LogP contribution is 2.14. The summed E-state index contributed by atoms with van der Waals surface area (Å²) in [6.07, 6.45) is 1.68. The molecular formula is C12H14FN5O. The number of rotatable bonds is 4. The maximum absolute atomic E-state index is 13.0. The van der Waals surface area contributed by atoms with E-state index in [1.54, 1.807) is 23.9 Å². The zero-order chi connectivity index (χ0) is 13.8. The summed E-state index contributed by atoms with van der Waals surface area (Å²) >= 11 is 0. The average molecular weight is 263 g/mol. The van der Waals surface area contributed by atoms with E-state index in [1.807, 2.05) is 0 Å². The normalized spacial score (nSPS) is 10.5. The van der Waals surface area contributed by atoms with Gasteiger partial charge in [-0.05, 0) is 30.7 Å². The molecule has 7 heteroatoms. The summed E-state index contributed by atoms with van der Waals surface area (Å²) in [6, 6.07) is 4.41. The van der Waals surface area contributed by atoms with Crippen LogP contribution >= 0.6 is 0 Å².